The molecule has 2 rings (SSSR count). The molecule has 98 valence electrons. The van der Waals surface area contributed by atoms with Crippen LogP contribution in [0.3, 0.4) is 0 Å². The molecule has 1 unspecified atom stereocenters. The quantitative estimate of drug-likeness (QED) is 0.836. The van der Waals surface area contributed by atoms with Gasteiger partial charge in [0.15, 0.2) is 0 Å². The number of benzene rings is 2. The second kappa shape index (κ2) is 6.04. The fourth-order valence-corrected chi connectivity index (χ4v) is 2.27. The van der Waals surface area contributed by atoms with Gasteiger partial charge in [-0.15, -0.1) is 0 Å². The molecule has 0 fully saturated rings. The van der Waals surface area contributed by atoms with Crippen LogP contribution in [0.5, 0.6) is 0 Å². The maximum Gasteiger partial charge on any atom is 0.0991 e. The van der Waals surface area contributed by atoms with E-state index in [2.05, 4.69) is 44.2 Å². The first-order chi connectivity index (χ1) is 9.63. The summed E-state index contributed by atoms with van der Waals surface area (Å²) in [5.41, 5.74) is 5.22. The Morgan fingerprint density at radius 1 is 1.00 bits per heavy atom. The summed E-state index contributed by atoms with van der Waals surface area (Å²) < 4.78 is 0. The van der Waals surface area contributed by atoms with Crippen LogP contribution in [0.15, 0.2) is 42.5 Å². The van der Waals surface area contributed by atoms with Crippen molar-refractivity contribution in [2.45, 2.75) is 26.2 Å². The van der Waals surface area contributed by atoms with E-state index in [9.17, 15) is 5.26 Å². The van der Waals surface area contributed by atoms with Crippen molar-refractivity contribution in [1.29, 1.82) is 10.5 Å². The van der Waals surface area contributed by atoms with Gasteiger partial charge in [0, 0.05) is 0 Å². The number of rotatable bonds is 3. The minimum atomic E-state index is -0.178. The van der Waals surface area contributed by atoms with Crippen molar-refractivity contribution in [3.05, 3.63) is 70.3 Å². The Morgan fingerprint density at radius 2 is 1.70 bits per heavy atom. The highest BCUT2D eigenvalue weighted by atomic mass is 14.3. The Kier molecular flexibility index (Phi) is 4.18. The Balaban J connectivity index is 2.27. The van der Waals surface area contributed by atoms with Crippen LogP contribution in [0, 0.1) is 36.5 Å². The monoisotopic (exact) mass is 260 g/mol. The highest BCUT2D eigenvalue weighted by Crippen LogP contribution is 2.23. The van der Waals surface area contributed by atoms with Gasteiger partial charge in [0.25, 0.3) is 0 Å². The average Bonchev–Trinajstić information content (AvgIpc) is 2.48. The van der Waals surface area contributed by atoms with Crippen LogP contribution in [0.1, 0.15) is 33.7 Å². The van der Waals surface area contributed by atoms with Crippen molar-refractivity contribution in [3.63, 3.8) is 0 Å². The van der Waals surface area contributed by atoms with Gasteiger partial charge in [0.2, 0.25) is 0 Å². The molecule has 2 aromatic carbocycles. The minimum absolute atomic E-state index is 0.178. The Hall–Kier alpha value is -2.58. The highest BCUT2D eigenvalue weighted by molar-refractivity contribution is 5.38. The molecule has 2 aromatic rings. The lowest BCUT2D eigenvalue weighted by molar-refractivity contribution is 0.842. The minimum Gasteiger partial charge on any atom is -0.198 e. The molecule has 2 heteroatoms. The van der Waals surface area contributed by atoms with E-state index in [1.54, 1.807) is 12.1 Å². The van der Waals surface area contributed by atoms with E-state index in [1.807, 2.05) is 12.1 Å². The van der Waals surface area contributed by atoms with Crippen molar-refractivity contribution >= 4 is 0 Å². The fraction of sp³-hybridized carbons (Fsp3) is 0.222. The van der Waals surface area contributed by atoms with Gasteiger partial charge in [-0.1, -0.05) is 35.9 Å². The first-order valence-corrected chi connectivity index (χ1v) is 6.60. The zero-order chi connectivity index (χ0) is 14.5. The molecule has 0 bridgehead atoms. The van der Waals surface area contributed by atoms with E-state index in [-0.39, 0.29) is 5.92 Å². The van der Waals surface area contributed by atoms with E-state index in [1.165, 1.54) is 16.7 Å². The van der Waals surface area contributed by atoms with E-state index in [0.29, 0.717) is 12.0 Å². The van der Waals surface area contributed by atoms with Crippen LogP contribution in [0.25, 0.3) is 0 Å². The molecule has 0 aromatic heterocycles. The van der Waals surface area contributed by atoms with Crippen molar-refractivity contribution in [1.82, 2.24) is 0 Å². The highest BCUT2D eigenvalue weighted by Gasteiger charge is 2.13. The summed E-state index contributed by atoms with van der Waals surface area (Å²) in [4.78, 5) is 0. The molecule has 0 spiro atoms. The lowest BCUT2D eigenvalue weighted by Crippen LogP contribution is -2.02. The maximum atomic E-state index is 9.41. The summed E-state index contributed by atoms with van der Waals surface area (Å²) in [5.74, 6) is -0.178. The van der Waals surface area contributed by atoms with Crippen LogP contribution < -0.4 is 0 Å². The van der Waals surface area contributed by atoms with Crippen molar-refractivity contribution in [2.75, 3.05) is 0 Å². The molecule has 0 saturated carbocycles. The molecular formula is C18H16N2. The maximum absolute atomic E-state index is 9.41. The lowest BCUT2D eigenvalue weighted by atomic mass is 9.90. The topological polar surface area (TPSA) is 47.6 Å². The summed E-state index contributed by atoms with van der Waals surface area (Å²) in [6.45, 7) is 4.13. The molecule has 2 nitrogen and oxygen atoms in total. The molecule has 1 atom stereocenters. The van der Waals surface area contributed by atoms with Gasteiger partial charge in [0.05, 0.1) is 23.6 Å². The first-order valence-electron chi connectivity index (χ1n) is 6.60. The van der Waals surface area contributed by atoms with Gasteiger partial charge < -0.3 is 0 Å². The zero-order valence-corrected chi connectivity index (χ0v) is 11.7. The third-order valence-corrected chi connectivity index (χ3v) is 3.53. The predicted molar refractivity (Wildman–Crippen MR) is 79.1 cm³/mol. The molecule has 0 N–H and O–H groups in total. The van der Waals surface area contributed by atoms with E-state index in [4.69, 9.17) is 5.26 Å². The van der Waals surface area contributed by atoms with Crippen molar-refractivity contribution in [2.24, 2.45) is 0 Å². The second-order valence-corrected chi connectivity index (χ2v) is 5.05. The van der Waals surface area contributed by atoms with Crippen LogP contribution in [0.4, 0.5) is 0 Å². The van der Waals surface area contributed by atoms with Gasteiger partial charge in [-0.05, 0) is 49.1 Å². The summed E-state index contributed by atoms with van der Waals surface area (Å²) in [5, 5.41) is 18.2. The zero-order valence-electron chi connectivity index (χ0n) is 11.7. The number of nitriles is 2. The molecule has 0 aliphatic carbocycles. The molecule has 0 amide bonds. The number of hydrogen-bond acceptors (Lipinski definition) is 2. The molecule has 0 heterocycles. The average molecular weight is 260 g/mol. The first kappa shape index (κ1) is 13.8. The molecular weight excluding hydrogens is 244 g/mol. The third kappa shape index (κ3) is 3.05. The van der Waals surface area contributed by atoms with Crippen LogP contribution in [-0.4, -0.2) is 0 Å². The molecule has 0 aliphatic heterocycles. The van der Waals surface area contributed by atoms with Gasteiger partial charge in [-0.25, -0.2) is 0 Å². The predicted octanol–water partition coefficient (Wildman–Crippen LogP) is 4.03. The summed E-state index contributed by atoms with van der Waals surface area (Å²) >= 11 is 0. The van der Waals surface area contributed by atoms with Gasteiger partial charge in [-0.3, -0.25) is 0 Å². The number of nitrogens with zero attached hydrogens (tertiary/aromatic N) is 2. The van der Waals surface area contributed by atoms with E-state index < -0.39 is 0 Å². The fourth-order valence-electron chi connectivity index (χ4n) is 2.27. The Morgan fingerprint density at radius 3 is 2.30 bits per heavy atom. The SMILES string of the molecule is Cc1ccc(C)c(CC(C#N)c2ccc(C#N)cc2)c1. The van der Waals surface area contributed by atoms with Gasteiger partial charge >= 0.3 is 0 Å². The largest absolute Gasteiger partial charge is 0.198 e. The summed E-state index contributed by atoms with van der Waals surface area (Å²) in [6.07, 6.45) is 0.704. The smallest absolute Gasteiger partial charge is 0.0991 e. The van der Waals surface area contributed by atoms with E-state index >= 15 is 0 Å². The molecule has 20 heavy (non-hydrogen) atoms. The normalized spacial score (nSPS) is 11.4. The number of aryl methyl sites for hydroxylation is 2. The van der Waals surface area contributed by atoms with Crippen molar-refractivity contribution in [3.8, 4) is 12.1 Å². The Labute approximate surface area is 119 Å². The third-order valence-electron chi connectivity index (χ3n) is 3.53. The standard InChI is InChI=1S/C18H16N2/c1-13-3-4-14(2)17(9-13)10-18(12-20)16-7-5-15(11-19)6-8-16/h3-9,18H,10H2,1-2H3. The van der Waals surface area contributed by atoms with Gasteiger partial charge in [-0.2, -0.15) is 10.5 Å². The van der Waals surface area contributed by atoms with Gasteiger partial charge in [0.1, 0.15) is 0 Å². The van der Waals surface area contributed by atoms with Crippen LogP contribution in [-0.2, 0) is 6.42 Å². The van der Waals surface area contributed by atoms with E-state index in [0.717, 1.165) is 5.56 Å². The summed E-state index contributed by atoms with van der Waals surface area (Å²) in [6, 6.07) is 18.1. The second-order valence-electron chi connectivity index (χ2n) is 5.05. The lowest BCUT2D eigenvalue weighted by Gasteiger charge is -2.12. The van der Waals surface area contributed by atoms with Crippen LogP contribution in [0.2, 0.25) is 0 Å². The Bertz CT molecular complexity index is 685. The number of hydrogen-bond donors (Lipinski definition) is 0. The molecule has 0 radical (unpaired) electrons. The van der Waals surface area contributed by atoms with Crippen molar-refractivity contribution < 1.29 is 0 Å². The molecule has 0 saturated heterocycles. The van der Waals surface area contributed by atoms with Crippen LogP contribution >= 0.6 is 0 Å². The molecule has 0 aliphatic rings. The summed E-state index contributed by atoms with van der Waals surface area (Å²) in [7, 11) is 0.